The summed E-state index contributed by atoms with van der Waals surface area (Å²) in [5.41, 5.74) is 1.16. The Morgan fingerprint density at radius 1 is 1.44 bits per heavy atom. The lowest BCUT2D eigenvalue weighted by atomic mass is 10.3. The Kier molecular flexibility index (Phi) is 3.13. The van der Waals surface area contributed by atoms with E-state index in [1.165, 1.54) is 18.2 Å². The third-order valence-corrected chi connectivity index (χ3v) is 2.14. The van der Waals surface area contributed by atoms with E-state index in [4.69, 9.17) is 4.42 Å². The number of benzene rings is 1. The molecule has 2 N–H and O–H groups in total. The van der Waals surface area contributed by atoms with E-state index in [0.29, 0.717) is 16.8 Å². The molecule has 7 heteroatoms. The van der Waals surface area contributed by atoms with Crippen LogP contribution in [-0.4, -0.2) is 23.5 Å². The third kappa shape index (κ3) is 2.40. The van der Waals surface area contributed by atoms with E-state index < -0.39 is 17.6 Å². The number of aromatic nitrogens is 1. The van der Waals surface area contributed by atoms with Crippen molar-refractivity contribution in [3.8, 4) is 0 Å². The Morgan fingerprint density at radius 3 is 2.94 bits per heavy atom. The van der Waals surface area contributed by atoms with Crippen LogP contribution in [0.4, 0.5) is 5.69 Å². The Bertz CT molecular complexity index is 655. The van der Waals surface area contributed by atoms with Crippen LogP contribution < -0.4 is 11.1 Å². The number of carbonyl (C=O) groups excluding carboxylic acids is 2. The molecule has 0 saturated carbocycles. The zero-order valence-electron chi connectivity index (χ0n) is 9.48. The van der Waals surface area contributed by atoms with Gasteiger partial charge in [-0.3, -0.25) is 9.78 Å². The van der Waals surface area contributed by atoms with Crippen molar-refractivity contribution < 1.29 is 18.7 Å². The highest BCUT2D eigenvalue weighted by Gasteiger charge is 2.15. The van der Waals surface area contributed by atoms with Crippen LogP contribution in [0.25, 0.3) is 11.1 Å². The first kappa shape index (κ1) is 11.9. The van der Waals surface area contributed by atoms with Crippen molar-refractivity contribution in [3.05, 3.63) is 28.7 Å². The molecular formula is C11H10N2O5. The molecule has 94 valence electrons. The molecule has 2 aromatic rings. The number of rotatable bonds is 2. The van der Waals surface area contributed by atoms with Crippen molar-refractivity contribution in [2.45, 2.75) is 6.92 Å². The van der Waals surface area contributed by atoms with Crippen LogP contribution in [0, 0.1) is 0 Å². The number of H-pyrrole nitrogens is 1. The molecule has 0 atom stereocenters. The van der Waals surface area contributed by atoms with Crippen LogP contribution in [0.2, 0.25) is 0 Å². The molecule has 1 aromatic carbocycles. The molecule has 0 bridgehead atoms. The quantitative estimate of drug-likeness (QED) is 0.601. The maximum absolute atomic E-state index is 11.4. The highest BCUT2D eigenvalue weighted by atomic mass is 16.5. The summed E-state index contributed by atoms with van der Waals surface area (Å²) < 4.78 is 9.34. The minimum atomic E-state index is -0.960. The number of anilines is 1. The van der Waals surface area contributed by atoms with E-state index in [2.05, 4.69) is 15.0 Å². The van der Waals surface area contributed by atoms with Crippen molar-refractivity contribution >= 4 is 28.7 Å². The maximum atomic E-state index is 11.4. The van der Waals surface area contributed by atoms with Gasteiger partial charge in [-0.25, -0.2) is 9.59 Å². The van der Waals surface area contributed by atoms with Gasteiger partial charge >= 0.3 is 17.6 Å². The summed E-state index contributed by atoms with van der Waals surface area (Å²) >= 11 is 0. The molecule has 0 aliphatic rings. The van der Waals surface area contributed by atoms with E-state index in [-0.39, 0.29) is 6.61 Å². The van der Waals surface area contributed by atoms with E-state index in [9.17, 15) is 14.4 Å². The summed E-state index contributed by atoms with van der Waals surface area (Å²) in [5.74, 6) is -2.42. The monoisotopic (exact) mass is 250 g/mol. The zero-order chi connectivity index (χ0) is 13.1. The Morgan fingerprint density at radius 2 is 2.22 bits per heavy atom. The fraction of sp³-hybridized carbons (Fsp3) is 0.182. The van der Waals surface area contributed by atoms with Crippen molar-refractivity contribution in [1.82, 2.24) is 4.98 Å². The fourth-order valence-electron chi connectivity index (χ4n) is 1.41. The fourth-order valence-corrected chi connectivity index (χ4v) is 1.41. The smallest absolute Gasteiger partial charge is 0.417 e. The largest absolute Gasteiger partial charge is 0.459 e. The van der Waals surface area contributed by atoms with E-state index in [1.54, 1.807) is 6.92 Å². The van der Waals surface area contributed by atoms with Gasteiger partial charge < -0.3 is 14.5 Å². The number of oxazole rings is 1. The van der Waals surface area contributed by atoms with Gasteiger partial charge in [0.25, 0.3) is 0 Å². The number of aromatic amines is 1. The van der Waals surface area contributed by atoms with Gasteiger partial charge in [0.2, 0.25) is 0 Å². The van der Waals surface area contributed by atoms with Crippen LogP contribution in [-0.2, 0) is 14.3 Å². The van der Waals surface area contributed by atoms with Gasteiger partial charge in [0.1, 0.15) is 0 Å². The Labute approximate surface area is 101 Å². The van der Waals surface area contributed by atoms with Gasteiger partial charge in [0, 0.05) is 5.69 Å². The normalized spacial score (nSPS) is 10.3. The van der Waals surface area contributed by atoms with Crippen LogP contribution in [0.1, 0.15) is 6.92 Å². The lowest BCUT2D eigenvalue weighted by Crippen LogP contribution is -2.24. The predicted molar refractivity (Wildman–Crippen MR) is 62.1 cm³/mol. The average molecular weight is 250 g/mol. The summed E-state index contributed by atoms with van der Waals surface area (Å²) in [6.45, 7) is 1.73. The second kappa shape index (κ2) is 4.74. The summed E-state index contributed by atoms with van der Waals surface area (Å²) in [4.78, 5) is 35.8. The number of hydrogen-bond acceptors (Lipinski definition) is 5. The molecule has 1 aromatic heterocycles. The minimum Gasteiger partial charge on any atom is -0.459 e. The highest BCUT2D eigenvalue weighted by Crippen LogP contribution is 2.15. The minimum absolute atomic E-state index is 0.125. The number of ether oxygens (including phenoxy) is 1. The molecule has 18 heavy (non-hydrogen) atoms. The molecule has 0 aliphatic carbocycles. The first-order chi connectivity index (χ1) is 8.60. The van der Waals surface area contributed by atoms with Gasteiger partial charge in [0.05, 0.1) is 12.1 Å². The molecule has 7 nitrogen and oxygen atoms in total. The molecule has 0 fully saturated rings. The van der Waals surface area contributed by atoms with E-state index in [1.807, 2.05) is 0 Å². The molecule has 1 heterocycles. The predicted octanol–water partition coefficient (Wildman–Crippen LogP) is 0.623. The summed E-state index contributed by atoms with van der Waals surface area (Å²) in [5, 5.41) is 2.35. The van der Waals surface area contributed by atoms with Crippen molar-refractivity contribution in [3.63, 3.8) is 0 Å². The van der Waals surface area contributed by atoms with Crippen LogP contribution in [0.3, 0.4) is 0 Å². The number of amides is 1. The molecular weight excluding hydrogens is 240 g/mol. The van der Waals surface area contributed by atoms with Crippen molar-refractivity contribution in [2.75, 3.05) is 11.9 Å². The summed E-state index contributed by atoms with van der Waals surface area (Å²) in [7, 11) is 0. The number of carbonyl (C=O) groups is 2. The molecule has 1 amide bonds. The number of fused-ring (bicyclic) bond motifs is 1. The first-order valence-corrected chi connectivity index (χ1v) is 5.21. The standard InChI is InChI=1S/C11H10N2O5/c1-2-17-10(15)9(14)12-6-3-4-8-7(5-6)13-11(16)18-8/h3-5H,2H2,1H3,(H,12,14)(H,13,16). The van der Waals surface area contributed by atoms with Gasteiger partial charge in [0.15, 0.2) is 5.58 Å². The average Bonchev–Trinajstić information content (AvgIpc) is 2.68. The molecule has 2 rings (SSSR count). The number of nitrogens with one attached hydrogen (secondary N) is 2. The number of hydrogen-bond donors (Lipinski definition) is 2. The molecule has 0 saturated heterocycles. The van der Waals surface area contributed by atoms with Crippen molar-refractivity contribution in [2.24, 2.45) is 0 Å². The lowest BCUT2D eigenvalue weighted by molar-refractivity contribution is -0.152. The molecule has 0 spiro atoms. The van der Waals surface area contributed by atoms with Crippen molar-refractivity contribution in [1.29, 1.82) is 0 Å². The summed E-state index contributed by atoms with van der Waals surface area (Å²) in [6.07, 6.45) is 0. The zero-order valence-corrected chi connectivity index (χ0v) is 9.48. The van der Waals surface area contributed by atoms with Gasteiger partial charge in [-0.15, -0.1) is 0 Å². The van der Waals surface area contributed by atoms with Crippen LogP contribution in [0.5, 0.6) is 0 Å². The maximum Gasteiger partial charge on any atom is 0.417 e. The second-order valence-corrected chi connectivity index (χ2v) is 3.40. The van der Waals surface area contributed by atoms with E-state index in [0.717, 1.165) is 0 Å². The van der Waals surface area contributed by atoms with E-state index >= 15 is 0 Å². The lowest BCUT2D eigenvalue weighted by Gasteiger charge is -2.03. The van der Waals surface area contributed by atoms with Gasteiger partial charge in [-0.1, -0.05) is 0 Å². The molecule has 0 radical (unpaired) electrons. The second-order valence-electron chi connectivity index (χ2n) is 3.40. The SMILES string of the molecule is CCOC(=O)C(=O)Nc1ccc2oc(=O)[nH]c2c1. The number of esters is 1. The first-order valence-electron chi connectivity index (χ1n) is 5.21. The topological polar surface area (TPSA) is 101 Å². The Balaban J connectivity index is 2.19. The molecule has 0 aliphatic heterocycles. The van der Waals surface area contributed by atoms with Crippen LogP contribution in [0.15, 0.2) is 27.4 Å². The Hall–Kier alpha value is -2.57. The van der Waals surface area contributed by atoms with Crippen LogP contribution >= 0.6 is 0 Å². The van der Waals surface area contributed by atoms with Gasteiger partial charge in [-0.2, -0.15) is 0 Å². The third-order valence-electron chi connectivity index (χ3n) is 2.14. The summed E-state index contributed by atoms with van der Waals surface area (Å²) in [6, 6.07) is 4.50. The molecule has 0 unspecified atom stereocenters. The van der Waals surface area contributed by atoms with Gasteiger partial charge in [-0.05, 0) is 25.1 Å². The highest BCUT2D eigenvalue weighted by molar-refractivity contribution is 6.37.